The maximum atomic E-state index is 14.8. The number of alkyl halides is 5. The Morgan fingerprint density at radius 3 is 1.30 bits per heavy atom. The van der Waals surface area contributed by atoms with Gasteiger partial charge in [0.2, 0.25) is 0 Å². The molecule has 0 amide bonds. The van der Waals surface area contributed by atoms with E-state index in [2.05, 4.69) is 0 Å². The Bertz CT molecular complexity index is 408. The van der Waals surface area contributed by atoms with Crippen molar-refractivity contribution < 1.29 is 22.0 Å². The predicted molar refractivity (Wildman–Crippen MR) is 85.9 cm³/mol. The largest absolute Gasteiger partial charge is 0.284 e. The summed E-state index contributed by atoms with van der Waals surface area (Å²) in [5.74, 6) is -6.87. The lowest BCUT2D eigenvalue weighted by atomic mass is 9.58. The zero-order chi connectivity index (χ0) is 19.3. The molecule has 0 heterocycles. The third kappa shape index (κ3) is 4.19. The highest BCUT2D eigenvalue weighted by atomic mass is 19.3. The van der Waals surface area contributed by atoms with Crippen molar-refractivity contribution in [2.75, 3.05) is 0 Å². The molecule has 0 N–H and O–H groups in total. The fourth-order valence-corrected chi connectivity index (χ4v) is 2.35. The molecule has 0 nitrogen and oxygen atoms in total. The van der Waals surface area contributed by atoms with Crippen molar-refractivity contribution in [3.05, 3.63) is 0 Å². The molecule has 0 fully saturated rings. The van der Waals surface area contributed by atoms with Crippen LogP contribution in [0.3, 0.4) is 0 Å². The molecule has 0 bridgehead atoms. The van der Waals surface area contributed by atoms with Gasteiger partial charge in [-0.05, 0) is 10.8 Å². The maximum Gasteiger partial charge on any atom is 0.284 e. The number of rotatable bonds is 5. The van der Waals surface area contributed by atoms with Gasteiger partial charge < -0.3 is 0 Å². The molecule has 23 heavy (non-hydrogen) atoms. The molecule has 0 aliphatic rings. The third-order valence-corrected chi connectivity index (χ3v) is 5.37. The van der Waals surface area contributed by atoms with Gasteiger partial charge in [0.15, 0.2) is 6.17 Å². The van der Waals surface area contributed by atoms with Gasteiger partial charge in [-0.15, -0.1) is 0 Å². The van der Waals surface area contributed by atoms with Crippen LogP contribution in [0, 0.1) is 21.7 Å². The van der Waals surface area contributed by atoms with Crippen LogP contribution in [0.15, 0.2) is 0 Å². The van der Waals surface area contributed by atoms with Crippen LogP contribution in [0.4, 0.5) is 22.0 Å². The van der Waals surface area contributed by atoms with E-state index in [0.29, 0.717) is 0 Å². The van der Waals surface area contributed by atoms with Gasteiger partial charge in [-0.25, -0.2) is 22.0 Å². The first kappa shape index (κ1) is 22.6. The lowest BCUT2D eigenvalue weighted by Crippen LogP contribution is -2.57. The molecule has 1 unspecified atom stereocenters. The van der Waals surface area contributed by atoms with E-state index in [4.69, 9.17) is 0 Å². The second-order valence-electron chi connectivity index (χ2n) is 9.99. The summed E-state index contributed by atoms with van der Waals surface area (Å²) in [6, 6.07) is 0. The van der Waals surface area contributed by atoms with Crippen molar-refractivity contribution in [1.29, 1.82) is 0 Å². The molecule has 0 rings (SSSR count). The normalized spacial score (nSPS) is 17.3. The van der Waals surface area contributed by atoms with Crippen LogP contribution in [-0.4, -0.2) is 18.0 Å². The second kappa shape index (κ2) is 5.87. The van der Waals surface area contributed by atoms with E-state index in [1.165, 1.54) is 69.2 Å². The summed E-state index contributed by atoms with van der Waals surface area (Å²) in [6.07, 6.45) is -3.16. The first-order valence-corrected chi connectivity index (χ1v) is 8.01. The Morgan fingerprint density at radius 2 is 1.04 bits per heavy atom. The summed E-state index contributed by atoms with van der Waals surface area (Å²) < 4.78 is 73.0. The molecule has 0 aromatic rings. The van der Waals surface area contributed by atoms with E-state index in [1.54, 1.807) is 0 Å². The summed E-state index contributed by atoms with van der Waals surface area (Å²) >= 11 is 0. The van der Waals surface area contributed by atoms with E-state index in [-0.39, 0.29) is 0 Å². The lowest BCUT2D eigenvalue weighted by Gasteiger charge is -2.51. The van der Waals surface area contributed by atoms with Crippen LogP contribution in [0.2, 0.25) is 0 Å². The quantitative estimate of drug-likeness (QED) is 0.465. The van der Waals surface area contributed by atoms with Gasteiger partial charge in [-0.3, -0.25) is 0 Å². The summed E-state index contributed by atoms with van der Waals surface area (Å²) in [5.41, 5.74) is -6.04. The van der Waals surface area contributed by atoms with E-state index in [9.17, 15) is 22.0 Å². The standard InChI is InChI=1S/C18H33F5/c1-13(2,3)12(19)18(22,23)16(9,10)15(7,8)11-17(20,21)14(4,5)6/h12H,11H2,1-10H3. The van der Waals surface area contributed by atoms with Crippen molar-refractivity contribution in [3.8, 4) is 0 Å². The Balaban J connectivity index is 5.80. The highest BCUT2D eigenvalue weighted by Gasteiger charge is 2.64. The molecule has 0 aliphatic carbocycles. The first-order chi connectivity index (χ1) is 9.61. The van der Waals surface area contributed by atoms with Crippen LogP contribution < -0.4 is 0 Å². The smallest absolute Gasteiger partial charge is 0.240 e. The molecule has 5 heteroatoms. The molecule has 0 spiro atoms. The van der Waals surface area contributed by atoms with Gasteiger partial charge in [0.25, 0.3) is 11.8 Å². The third-order valence-electron chi connectivity index (χ3n) is 5.37. The molecule has 0 radical (unpaired) electrons. The lowest BCUT2D eigenvalue weighted by molar-refractivity contribution is -0.236. The maximum absolute atomic E-state index is 14.8. The number of hydrogen-bond donors (Lipinski definition) is 0. The van der Waals surface area contributed by atoms with E-state index < -0.39 is 46.1 Å². The topological polar surface area (TPSA) is 0 Å². The molecule has 0 aromatic carbocycles. The van der Waals surface area contributed by atoms with Gasteiger partial charge in [0.1, 0.15) is 0 Å². The van der Waals surface area contributed by atoms with Crippen LogP contribution >= 0.6 is 0 Å². The summed E-state index contributed by atoms with van der Waals surface area (Å²) in [5, 5.41) is 0. The number of hydrogen-bond acceptors (Lipinski definition) is 0. The van der Waals surface area contributed by atoms with E-state index in [0.717, 1.165) is 0 Å². The first-order valence-electron chi connectivity index (χ1n) is 8.01. The van der Waals surface area contributed by atoms with Crippen molar-refractivity contribution in [3.63, 3.8) is 0 Å². The fraction of sp³-hybridized carbons (Fsp3) is 1.00. The van der Waals surface area contributed by atoms with Gasteiger partial charge in [-0.2, -0.15) is 0 Å². The molecule has 0 aliphatic heterocycles. The Morgan fingerprint density at radius 1 is 0.696 bits per heavy atom. The second-order valence-corrected chi connectivity index (χ2v) is 9.99. The fourth-order valence-electron chi connectivity index (χ4n) is 2.35. The monoisotopic (exact) mass is 344 g/mol. The zero-order valence-electron chi connectivity index (χ0n) is 16.2. The van der Waals surface area contributed by atoms with Crippen molar-refractivity contribution in [2.24, 2.45) is 21.7 Å². The Hall–Kier alpha value is -0.350. The minimum atomic E-state index is -3.73. The summed E-state index contributed by atoms with van der Waals surface area (Å²) in [6.45, 7) is 13.4. The predicted octanol–water partition coefficient (Wildman–Crippen LogP) is 7.13. The van der Waals surface area contributed by atoms with Crippen molar-refractivity contribution >= 4 is 0 Å². The molecular weight excluding hydrogens is 311 g/mol. The molecule has 1 atom stereocenters. The molecule has 0 saturated carbocycles. The number of halogens is 5. The van der Waals surface area contributed by atoms with Gasteiger partial charge in [0.05, 0.1) is 0 Å². The average molecular weight is 344 g/mol. The SMILES string of the molecule is CC(C)(C)C(F)C(F)(F)C(C)(C)C(C)(C)CC(F)(F)C(C)(C)C. The molecule has 0 aromatic heterocycles. The minimum absolute atomic E-state index is 0.733. The molecule has 140 valence electrons. The van der Waals surface area contributed by atoms with Crippen LogP contribution in [0.1, 0.15) is 75.7 Å². The molecule has 0 saturated heterocycles. The molecular formula is C18H33F5. The van der Waals surface area contributed by atoms with Crippen molar-refractivity contribution in [1.82, 2.24) is 0 Å². The summed E-state index contributed by atoms with van der Waals surface area (Å²) in [7, 11) is 0. The van der Waals surface area contributed by atoms with Crippen LogP contribution in [0.25, 0.3) is 0 Å². The van der Waals surface area contributed by atoms with Gasteiger partial charge >= 0.3 is 0 Å². The van der Waals surface area contributed by atoms with E-state index >= 15 is 0 Å². The highest BCUT2D eigenvalue weighted by molar-refractivity contribution is 5.04. The zero-order valence-corrected chi connectivity index (χ0v) is 16.2. The highest BCUT2D eigenvalue weighted by Crippen LogP contribution is 2.59. The Kier molecular flexibility index (Phi) is 5.78. The van der Waals surface area contributed by atoms with Gasteiger partial charge in [-0.1, -0.05) is 69.2 Å². The average Bonchev–Trinajstić information content (AvgIpc) is 2.22. The van der Waals surface area contributed by atoms with E-state index in [1.807, 2.05) is 0 Å². The van der Waals surface area contributed by atoms with Gasteiger partial charge in [0, 0.05) is 17.3 Å². The summed E-state index contributed by atoms with van der Waals surface area (Å²) in [4.78, 5) is 0. The minimum Gasteiger partial charge on any atom is -0.240 e. The van der Waals surface area contributed by atoms with Crippen LogP contribution in [0.5, 0.6) is 0 Å². The van der Waals surface area contributed by atoms with Crippen LogP contribution in [-0.2, 0) is 0 Å². The van der Waals surface area contributed by atoms with Crippen molar-refractivity contribution in [2.45, 2.75) is 93.7 Å². The Labute approximate surface area is 138 Å².